The van der Waals surface area contributed by atoms with Gasteiger partial charge in [0.2, 0.25) is 0 Å². The van der Waals surface area contributed by atoms with Crippen molar-refractivity contribution in [1.29, 1.82) is 0 Å². The molecule has 16 heavy (non-hydrogen) atoms. The monoisotopic (exact) mass is 224 g/mol. The second-order valence-corrected chi connectivity index (χ2v) is 4.19. The van der Waals surface area contributed by atoms with Gasteiger partial charge >= 0.3 is 0 Å². The Morgan fingerprint density at radius 1 is 1.44 bits per heavy atom. The number of rotatable bonds is 6. The van der Waals surface area contributed by atoms with Crippen LogP contribution in [0, 0.1) is 11.7 Å². The summed E-state index contributed by atoms with van der Waals surface area (Å²) in [5, 5.41) is 0. The number of halogens is 1. The summed E-state index contributed by atoms with van der Waals surface area (Å²) in [6.07, 6.45) is 2.62. The fourth-order valence-electron chi connectivity index (χ4n) is 1.38. The molecule has 2 nitrogen and oxygen atoms in total. The zero-order valence-electron chi connectivity index (χ0n) is 9.70. The standard InChI is InChI=1S/C13H17FO2/c1-10(2)4-3-7-16-13-8-11(9-15)5-6-12(13)14/h5-6,8-10H,3-4,7H2,1-2H3. The van der Waals surface area contributed by atoms with E-state index in [0.717, 1.165) is 12.8 Å². The Balaban J connectivity index is 2.49. The summed E-state index contributed by atoms with van der Waals surface area (Å²) in [4.78, 5) is 10.5. The van der Waals surface area contributed by atoms with Gasteiger partial charge in [-0.3, -0.25) is 4.79 Å². The van der Waals surface area contributed by atoms with Gasteiger partial charge in [0.1, 0.15) is 6.29 Å². The molecule has 0 bridgehead atoms. The van der Waals surface area contributed by atoms with Gasteiger partial charge in [-0.15, -0.1) is 0 Å². The Morgan fingerprint density at radius 3 is 2.81 bits per heavy atom. The van der Waals surface area contributed by atoms with Gasteiger partial charge in [0.15, 0.2) is 11.6 Å². The Labute approximate surface area is 95.4 Å². The first kappa shape index (κ1) is 12.7. The SMILES string of the molecule is CC(C)CCCOc1cc(C=O)ccc1F. The van der Waals surface area contributed by atoms with Gasteiger partial charge in [0.05, 0.1) is 6.61 Å². The average molecular weight is 224 g/mol. The molecule has 1 rings (SSSR count). The molecule has 1 aromatic rings. The fraction of sp³-hybridized carbons (Fsp3) is 0.462. The molecule has 0 spiro atoms. The van der Waals surface area contributed by atoms with Gasteiger partial charge in [-0.2, -0.15) is 0 Å². The first-order valence-corrected chi connectivity index (χ1v) is 5.51. The lowest BCUT2D eigenvalue weighted by Crippen LogP contribution is -2.01. The Kier molecular flexibility index (Phi) is 4.96. The normalized spacial score (nSPS) is 10.5. The van der Waals surface area contributed by atoms with Crippen LogP contribution in [0.5, 0.6) is 5.75 Å². The van der Waals surface area contributed by atoms with Crippen molar-refractivity contribution >= 4 is 6.29 Å². The third-order valence-corrected chi connectivity index (χ3v) is 2.27. The van der Waals surface area contributed by atoms with Crippen LogP contribution < -0.4 is 4.74 Å². The predicted octanol–water partition coefficient (Wildman–Crippen LogP) is 3.45. The lowest BCUT2D eigenvalue weighted by molar-refractivity contribution is 0.112. The lowest BCUT2D eigenvalue weighted by Gasteiger charge is -2.08. The van der Waals surface area contributed by atoms with E-state index in [0.29, 0.717) is 24.4 Å². The van der Waals surface area contributed by atoms with E-state index < -0.39 is 5.82 Å². The van der Waals surface area contributed by atoms with Crippen molar-refractivity contribution in [3.05, 3.63) is 29.6 Å². The van der Waals surface area contributed by atoms with Crippen molar-refractivity contribution in [2.24, 2.45) is 5.92 Å². The third kappa shape index (κ3) is 4.01. The number of hydrogen-bond acceptors (Lipinski definition) is 2. The van der Waals surface area contributed by atoms with Gasteiger partial charge in [-0.25, -0.2) is 4.39 Å². The maximum atomic E-state index is 13.3. The summed E-state index contributed by atoms with van der Waals surface area (Å²) in [5.74, 6) is 0.359. The van der Waals surface area contributed by atoms with Gasteiger partial charge in [0, 0.05) is 5.56 Å². The topological polar surface area (TPSA) is 26.3 Å². The molecule has 1 aromatic carbocycles. The molecule has 0 aliphatic carbocycles. The van der Waals surface area contributed by atoms with E-state index in [1.165, 1.54) is 18.2 Å². The van der Waals surface area contributed by atoms with Crippen LogP contribution in [-0.4, -0.2) is 12.9 Å². The molecular weight excluding hydrogens is 207 g/mol. The zero-order chi connectivity index (χ0) is 12.0. The summed E-state index contributed by atoms with van der Waals surface area (Å²) in [5.41, 5.74) is 0.431. The van der Waals surface area contributed by atoms with Crippen LogP contribution in [-0.2, 0) is 0 Å². The highest BCUT2D eigenvalue weighted by Gasteiger charge is 2.04. The fourth-order valence-corrected chi connectivity index (χ4v) is 1.38. The van der Waals surface area contributed by atoms with E-state index in [1.807, 2.05) is 0 Å². The highest BCUT2D eigenvalue weighted by Crippen LogP contribution is 2.18. The molecule has 0 aromatic heterocycles. The number of benzene rings is 1. The summed E-state index contributed by atoms with van der Waals surface area (Å²) in [6.45, 7) is 4.75. The number of carbonyl (C=O) groups is 1. The molecule has 0 unspecified atom stereocenters. The van der Waals surface area contributed by atoms with Gasteiger partial charge in [0.25, 0.3) is 0 Å². The first-order valence-electron chi connectivity index (χ1n) is 5.51. The zero-order valence-corrected chi connectivity index (χ0v) is 9.70. The van der Waals surface area contributed by atoms with E-state index >= 15 is 0 Å². The average Bonchev–Trinajstić information content (AvgIpc) is 2.26. The van der Waals surface area contributed by atoms with Crippen molar-refractivity contribution in [2.75, 3.05) is 6.61 Å². The van der Waals surface area contributed by atoms with Crippen LogP contribution in [0.15, 0.2) is 18.2 Å². The van der Waals surface area contributed by atoms with E-state index in [-0.39, 0.29) is 5.75 Å². The molecule has 0 saturated heterocycles. The minimum atomic E-state index is -0.421. The number of ether oxygens (including phenoxy) is 1. The maximum Gasteiger partial charge on any atom is 0.165 e. The van der Waals surface area contributed by atoms with E-state index in [9.17, 15) is 9.18 Å². The number of aldehydes is 1. The van der Waals surface area contributed by atoms with Crippen LogP contribution >= 0.6 is 0 Å². The highest BCUT2D eigenvalue weighted by molar-refractivity contribution is 5.75. The van der Waals surface area contributed by atoms with Gasteiger partial charge in [-0.05, 0) is 37.0 Å². The van der Waals surface area contributed by atoms with Crippen molar-refractivity contribution in [2.45, 2.75) is 26.7 Å². The molecule has 0 saturated carbocycles. The molecule has 0 aliphatic rings. The molecule has 0 heterocycles. The van der Waals surface area contributed by atoms with Crippen molar-refractivity contribution in [3.8, 4) is 5.75 Å². The molecular formula is C13H17FO2. The smallest absolute Gasteiger partial charge is 0.165 e. The van der Waals surface area contributed by atoms with Crippen LogP contribution in [0.1, 0.15) is 37.0 Å². The second-order valence-electron chi connectivity index (χ2n) is 4.19. The second kappa shape index (κ2) is 6.26. The summed E-state index contributed by atoms with van der Waals surface area (Å²) in [6, 6.07) is 4.11. The Hall–Kier alpha value is -1.38. The first-order chi connectivity index (χ1) is 7.63. The molecule has 88 valence electrons. The summed E-state index contributed by atoms with van der Waals surface area (Å²) < 4.78 is 18.5. The molecule has 0 atom stereocenters. The lowest BCUT2D eigenvalue weighted by atomic mass is 10.1. The number of hydrogen-bond donors (Lipinski definition) is 0. The van der Waals surface area contributed by atoms with Crippen molar-refractivity contribution < 1.29 is 13.9 Å². The van der Waals surface area contributed by atoms with E-state index in [4.69, 9.17) is 4.74 Å². The van der Waals surface area contributed by atoms with E-state index in [2.05, 4.69) is 13.8 Å². The van der Waals surface area contributed by atoms with E-state index in [1.54, 1.807) is 0 Å². The maximum absolute atomic E-state index is 13.3. The quantitative estimate of drug-likeness (QED) is 0.546. The highest BCUT2D eigenvalue weighted by atomic mass is 19.1. The summed E-state index contributed by atoms with van der Waals surface area (Å²) >= 11 is 0. The van der Waals surface area contributed by atoms with Crippen LogP contribution in [0.3, 0.4) is 0 Å². The van der Waals surface area contributed by atoms with Crippen molar-refractivity contribution in [1.82, 2.24) is 0 Å². The van der Waals surface area contributed by atoms with Gasteiger partial charge < -0.3 is 4.74 Å². The van der Waals surface area contributed by atoms with Gasteiger partial charge in [-0.1, -0.05) is 13.8 Å². The van der Waals surface area contributed by atoms with Crippen molar-refractivity contribution in [3.63, 3.8) is 0 Å². The Bertz CT molecular complexity index is 348. The van der Waals surface area contributed by atoms with Crippen LogP contribution in [0.2, 0.25) is 0 Å². The minimum absolute atomic E-state index is 0.161. The molecule has 0 radical (unpaired) electrons. The van der Waals surface area contributed by atoms with Crippen LogP contribution in [0.4, 0.5) is 4.39 Å². The Morgan fingerprint density at radius 2 is 2.19 bits per heavy atom. The molecule has 0 amide bonds. The molecule has 0 aliphatic heterocycles. The largest absolute Gasteiger partial charge is 0.490 e. The number of carbonyl (C=O) groups excluding carboxylic acids is 1. The molecule has 3 heteroatoms. The summed E-state index contributed by atoms with van der Waals surface area (Å²) in [7, 11) is 0. The third-order valence-electron chi connectivity index (χ3n) is 2.27. The van der Waals surface area contributed by atoms with Crippen LogP contribution in [0.25, 0.3) is 0 Å². The molecule has 0 fully saturated rings. The molecule has 0 N–H and O–H groups in total. The predicted molar refractivity (Wildman–Crippen MR) is 61.4 cm³/mol. The minimum Gasteiger partial charge on any atom is -0.490 e.